The van der Waals surface area contributed by atoms with E-state index >= 15 is 0 Å². The first-order valence-electron chi connectivity index (χ1n) is 9.47. The van der Waals surface area contributed by atoms with E-state index in [2.05, 4.69) is 45.7 Å². The first-order valence-corrected chi connectivity index (χ1v) is 10.5. The Morgan fingerprint density at radius 3 is 2.44 bits per heavy atom. The van der Waals surface area contributed by atoms with Gasteiger partial charge in [-0.05, 0) is 52.6 Å². The lowest BCUT2D eigenvalue weighted by Crippen LogP contribution is -2.60. The van der Waals surface area contributed by atoms with Crippen LogP contribution in [0.3, 0.4) is 0 Å². The molecule has 7 heteroatoms. The Kier molecular flexibility index (Phi) is 8.16. The van der Waals surface area contributed by atoms with Crippen LogP contribution in [0, 0.1) is 0 Å². The quantitative estimate of drug-likeness (QED) is 0.381. The number of nitrogens with one attached hydrogen (secondary N) is 1. The molecule has 0 aromatic rings. The molecule has 1 N–H and O–H groups in total. The van der Waals surface area contributed by atoms with Crippen LogP contribution in [0.25, 0.3) is 0 Å². The van der Waals surface area contributed by atoms with E-state index in [1.165, 1.54) is 31.7 Å². The number of ether oxygens (including phenoxy) is 1. The van der Waals surface area contributed by atoms with Gasteiger partial charge in [0.2, 0.25) is 0 Å². The Hall–Kier alpha value is 0.270. The number of thioether (sulfide) groups is 1. The molecule has 0 aliphatic carbocycles. The minimum absolute atomic E-state index is 0. The fourth-order valence-electron chi connectivity index (χ4n) is 4.32. The van der Waals surface area contributed by atoms with Gasteiger partial charge in [0.15, 0.2) is 5.96 Å². The molecule has 0 atom stereocenters. The molecule has 25 heavy (non-hydrogen) atoms. The highest BCUT2D eigenvalue weighted by molar-refractivity contribution is 14.0. The summed E-state index contributed by atoms with van der Waals surface area (Å²) in [6.07, 6.45) is 4.96. The van der Waals surface area contributed by atoms with Crippen molar-refractivity contribution in [2.45, 2.75) is 49.8 Å². The van der Waals surface area contributed by atoms with Crippen molar-refractivity contribution in [3.05, 3.63) is 0 Å². The van der Waals surface area contributed by atoms with Crippen LogP contribution >= 0.6 is 35.7 Å². The first kappa shape index (κ1) is 21.6. The number of hydrogen-bond acceptors (Lipinski definition) is 4. The summed E-state index contributed by atoms with van der Waals surface area (Å²) in [7, 11) is 1.92. The Balaban J connectivity index is 0.00000225. The topological polar surface area (TPSA) is 40.1 Å². The van der Waals surface area contributed by atoms with E-state index in [0.29, 0.717) is 4.75 Å². The number of rotatable bonds is 3. The van der Waals surface area contributed by atoms with Gasteiger partial charge >= 0.3 is 0 Å². The van der Waals surface area contributed by atoms with Gasteiger partial charge in [0.1, 0.15) is 0 Å². The Bertz CT molecular complexity index is 448. The van der Waals surface area contributed by atoms with Gasteiger partial charge in [0.05, 0.1) is 0 Å². The molecule has 0 unspecified atom stereocenters. The van der Waals surface area contributed by atoms with Crippen molar-refractivity contribution in [2.75, 3.05) is 58.7 Å². The third kappa shape index (κ3) is 5.39. The summed E-state index contributed by atoms with van der Waals surface area (Å²) in [4.78, 5) is 9.74. The molecule has 3 rings (SSSR count). The van der Waals surface area contributed by atoms with Crippen molar-refractivity contribution in [1.82, 2.24) is 15.1 Å². The van der Waals surface area contributed by atoms with Gasteiger partial charge in [-0.25, -0.2) is 0 Å². The number of aliphatic imine (C=N–C) groups is 1. The smallest absolute Gasteiger partial charge is 0.193 e. The standard InChI is InChI=1S/C18H34N4OS.HI/c1-17(2)15-21(10-13-24-17)16(19-3)20-14-18(6-11-23-12-7-18)22-8-4-5-9-22;/h4-15H2,1-3H3,(H,19,20);1H. The van der Waals surface area contributed by atoms with Crippen molar-refractivity contribution in [1.29, 1.82) is 0 Å². The van der Waals surface area contributed by atoms with Gasteiger partial charge in [-0.3, -0.25) is 9.89 Å². The average Bonchev–Trinajstić information content (AvgIpc) is 3.11. The lowest BCUT2D eigenvalue weighted by molar-refractivity contribution is -0.0166. The fraction of sp³-hybridized carbons (Fsp3) is 0.944. The Labute approximate surface area is 174 Å². The summed E-state index contributed by atoms with van der Waals surface area (Å²) in [6.45, 7) is 12.1. The number of halogens is 1. The molecule has 3 heterocycles. The molecule has 0 spiro atoms. The van der Waals surface area contributed by atoms with Crippen LogP contribution in [0.4, 0.5) is 0 Å². The Morgan fingerprint density at radius 1 is 1.16 bits per heavy atom. The van der Waals surface area contributed by atoms with Crippen molar-refractivity contribution < 1.29 is 4.74 Å². The number of likely N-dealkylation sites (tertiary alicyclic amines) is 1. The first-order chi connectivity index (χ1) is 11.5. The molecule has 3 fully saturated rings. The molecule has 3 aliphatic heterocycles. The highest BCUT2D eigenvalue weighted by Gasteiger charge is 2.40. The molecule has 0 aromatic carbocycles. The summed E-state index contributed by atoms with van der Waals surface area (Å²) in [5.41, 5.74) is 0.255. The SMILES string of the molecule is CN=C(NCC1(N2CCCC2)CCOCC1)N1CCSC(C)(C)C1.I. The second kappa shape index (κ2) is 9.46. The van der Waals surface area contributed by atoms with E-state index in [1.54, 1.807) is 0 Å². The lowest BCUT2D eigenvalue weighted by Gasteiger charge is -2.46. The molecule has 0 radical (unpaired) electrons. The second-order valence-corrected chi connectivity index (χ2v) is 9.76. The number of guanidine groups is 1. The maximum Gasteiger partial charge on any atom is 0.193 e. The minimum Gasteiger partial charge on any atom is -0.381 e. The molecule has 146 valence electrons. The van der Waals surface area contributed by atoms with Gasteiger partial charge < -0.3 is 15.0 Å². The highest BCUT2D eigenvalue weighted by atomic mass is 127. The maximum absolute atomic E-state index is 5.66. The molecule has 0 amide bonds. The number of hydrogen-bond donors (Lipinski definition) is 1. The molecule has 0 aromatic heterocycles. The van der Waals surface area contributed by atoms with Gasteiger partial charge in [0.25, 0.3) is 0 Å². The van der Waals surface area contributed by atoms with Crippen LogP contribution in [0.15, 0.2) is 4.99 Å². The predicted molar refractivity (Wildman–Crippen MR) is 118 cm³/mol. The van der Waals surface area contributed by atoms with Gasteiger partial charge in [-0.1, -0.05) is 0 Å². The van der Waals surface area contributed by atoms with Crippen LogP contribution in [-0.4, -0.2) is 84.8 Å². The predicted octanol–water partition coefficient (Wildman–Crippen LogP) is 2.65. The highest BCUT2D eigenvalue weighted by Crippen LogP contribution is 2.32. The monoisotopic (exact) mass is 482 g/mol. The third-order valence-electron chi connectivity index (χ3n) is 5.71. The van der Waals surface area contributed by atoms with Gasteiger partial charge in [-0.15, -0.1) is 24.0 Å². The maximum atomic E-state index is 5.66. The molecule has 5 nitrogen and oxygen atoms in total. The van der Waals surface area contributed by atoms with E-state index in [-0.39, 0.29) is 29.5 Å². The summed E-state index contributed by atoms with van der Waals surface area (Å²) < 4.78 is 5.97. The Morgan fingerprint density at radius 2 is 1.84 bits per heavy atom. The second-order valence-electron chi connectivity index (χ2n) is 7.96. The van der Waals surface area contributed by atoms with Crippen molar-refractivity contribution >= 4 is 41.7 Å². The van der Waals surface area contributed by atoms with Crippen LogP contribution in [-0.2, 0) is 4.74 Å². The van der Waals surface area contributed by atoms with E-state index < -0.39 is 0 Å². The average molecular weight is 482 g/mol. The number of nitrogens with zero attached hydrogens (tertiary/aromatic N) is 3. The van der Waals surface area contributed by atoms with E-state index in [4.69, 9.17) is 4.74 Å². The molecule has 0 saturated carbocycles. The van der Waals surface area contributed by atoms with Crippen LogP contribution in [0.1, 0.15) is 39.5 Å². The summed E-state index contributed by atoms with van der Waals surface area (Å²) in [6, 6.07) is 0. The van der Waals surface area contributed by atoms with Crippen LogP contribution in [0.2, 0.25) is 0 Å². The zero-order valence-corrected chi connectivity index (χ0v) is 19.2. The van der Waals surface area contributed by atoms with Crippen molar-refractivity contribution in [3.8, 4) is 0 Å². The van der Waals surface area contributed by atoms with Crippen LogP contribution in [0.5, 0.6) is 0 Å². The van der Waals surface area contributed by atoms with E-state index in [1.807, 2.05) is 7.05 Å². The molecular weight excluding hydrogens is 447 g/mol. The zero-order chi connectivity index (χ0) is 17.0. The van der Waals surface area contributed by atoms with Crippen molar-refractivity contribution in [3.63, 3.8) is 0 Å². The third-order valence-corrected chi connectivity index (χ3v) is 7.01. The summed E-state index contributed by atoms with van der Waals surface area (Å²) in [5.74, 6) is 2.26. The minimum atomic E-state index is 0. The zero-order valence-electron chi connectivity index (χ0n) is 16.1. The molecule has 3 saturated heterocycles. The molecular formula is C18H35IN4OS. The summed E-state index contributed by atoms with van der Waals surface area (Å²) in [5, 5.41) is 3.73. The molecule has 3 aliphatic rings. The lowest BCUT2D eigenvalue weighted by atomic mass is 9.88. The van der Waals surface area contributed by atoms with Crippen LogP contribution < -0.4 is 5.32 Å². The van der Waals surface area contributed by atoms with E-state index in [9.17, 15) is 0 Å². The summed E-state index contributed by atoms with van der Waals surface area (Å²) >= 11 is 2.07. The normalized spacial score (nSPS) is 27.0. The fourth-order valence-corrected chi connectivity index (χ4v) is 5.43. The van der Waals surface area contributed by atoms with E-state index in [0.717, 1.165) is 51.6 Å². The van der Waals surface area contributed by atoms with Crippen molar-refractivity contribution in [2.24, 2.45) is 4.99 Å². The van der Waals surface area contributed by atoms with Gasteiger partial charge in [0, 0.05) is 55.9 Å². The largest absolute Gasteiger partial charge is 0.381 e. The van der Waals surface area contributed by atoms with Gasteiger partial charge in [-0.2, -0.15) is 11.8 Å². The molecule has 0 bridgehead atoms.